The fourth-order valence-corrected chi connectivity index (χ4v) is 2.59. The Balaban J connectivity index is 1.67. The molecule has 0 spiro atoms. The van der Waals surface area contributed by atoms with Crippen molar-refractivity contribution in [1.82, 2.24) is 10.6 Å². The van der Waals surface area contributed by atoms with Gasteiger partial charge in [-0.3, -0.25) is 4.79 Å². The highest BCUT2D eigenvalue weighted by atomic mass is 16.6. The number of nitrogens with zero attached hydrogens (tertiary/aromatic N) is 2. The zero-order valence-corrected chi connectivity index (χ0v) is 16.2. The molecule has 0 unspecified atom stereocenters. The van der Waals surface area contributed by atoms with Gasteiger partial charge in [0.2, 0.25) is 5.91 Å². The summed E-state index contributed by atoms with van der Waals surface area (Å²) in [7, 11) is 0. The van der Waals surface area contributed by atoms with Gasteiger partial charge in [0.25, 0.3) is 0 Å². The first-order chi connectivity index (χ1) is 13.5. The normalized spacial score (nSPS) is 16.3. The van der Waals surface area contributed by atoms with E-state index >= 15 is 0 Å². The van der Waals surface area contributed by atoms with Gasteiger partial charge in [-0.2, -0.15) is 0 Å². The molecule has 2 atom stereocenters. The molecule has 1 aromatic rings. The number of carbonyl (C=O) groups is 2. The first-order valence-electron chi connectivity index (χ1n) is 9.42. The lowest BCUT2D eigenvalue weighted by molar-refractivity contribution is -0.123. The van der Waals surface area contributed by atoms with Gasteiger partial charge in [0.05, 0.1) is 25.3 Å². The number of hydrogen-bond donors (Lipinski definition) is 2. The second kappa shape index (κ2) is 10.9. The molecule has 0 aromatic heterocycles. The second-order valence-corrected chi connectivity index (χ2v) is 6.67. The lowest BCUT2D eigenvalue weighted by Gasteiger charge is -2.15. The Morgan fingerprint density at radius 1 is 1.39 bits per heavy atom. The maximum absolute atomic E-state index is 12.1. The van der Waals surface area contributed by atoms with E-state index in [-0.39, 0.29) is 24.5 Å². The van der Waals surface area contributed by atoms with Crippen molar-refractivity contribution < 1.29 is 19.2 Å². The third kappa shape index (κ3) is 6.91. The van der Waals surface area contributed by atoms with Crippen LogP contribution in [-0.2, 0) is 14.4 Å². The van der Waals surface area contributed by atoms with Crippen LogP contribution in [0.4, 0.5) is 10.5 Å². The van der Waals surface area contributed by atoms with Gasteiger partial charge >= 0.3 is 6.09 Å². The van der Waals surface area contributed by atoms with E-state index in [9.17, 15) is 9.59 Å². The van der Waals surface area contributed by atoms with Crippen LogP contribution in [0.15, 0.2) is 29.4 Å². The van der Waals surface area contributed by atoms with Gasteiger partial charge in [0.1, 0.15) is 6.10 Å². The molecule has 1 heterocycles. The minimum absolute atomic E-state index is 0.169. The average molecular weight is 386 g/mol. The number of alkyl carbamates (subject to hydrolysis) is 1. The Hall–Kier alpha value is -3.08. The largest absolute Gasteiger partial charge is 0.450 e. The molecular formula is C20H26N4O4. The lowest BCUT2D eigenvalue weighted by Crippen LogP contribution is -2.42. The van der Waals surface area contributed by atoms with Gasteiger partial charge in [-0.15, -0.1) is 0 Å². The molecule has 0 saturated heterocycles. The van der Waals surface area contributed by atoms with Crippen molar-refractivity contribution in [3.8, 4) is 0 Å². The Morgan fingerprint density at radius 2 is 2.14 bits per heavy atom. The summed E-state index contributed by atoms with van der Waals surface area (Å²) in [5.41, 5.74) is 2.21. The molecule has 0 saturated carbocycles. The quantitative estimate of drug-likeness (QED) is 0.504. The van der Waals surface area contributed by atoms with E-state index in [4.69, 9.17) is 16.1 Å². The van der Waals surface area contributed by atoms with E-state index in [0.717, 1.165) is 24.1 Å². The second-order valence-electron chi connectivity index (χ2n) is 6.67. The third-order valence-electron chi connectivity index (χ3n) is 4.18. The highest BCUT2D eigenvalue weighted by Crippen LogP contribution is 2.21. The average Bonchev–Trinajstić information content (AvgIpc) is 3.15. The fourth-order valence-electron chi connectivity index (χ4n) is 2.59. The molecule has 0 bridgehead atoms. The standard InChI is InChI=1S/C20H26N4O4/c1-4-5-10-27-20(26)23-14(2)13-22-19(25)12-17-11-18(24-28-17)15-6-8-16(21-3)9-7-15/h6-9,14,17H,4-5,10-13H2,1-2H3,(H,22,25)(H,23,26)/t14-,17-/m1/s1. The van der Waals surface area contributed by atoms with Crippen molar-refractivity contribution in [3.05, 3.63) is 41.2 Å². The van der Waals surface area contributed by atoms with E-state index in [1.165, 1.54) is 0 Å². The number of carbonyl (C=O) groups excluding carboxylic acids is 2. The number of benzene rings is 1. The number of hydrogen-bond acceptors (Lipinski definition) is 5. The highest BCUT2D eigenvalue weighted by molar-refractivity contribution is 6.01. The van der Waals surface area contributed by atoms with E-state index in [1.54, 1.807) is 19.1 Å². The van der Waals surface area contributed by atoms with Gasteiger partial charge in [-0.25, -0.2) is 9.64 Å². The molecule has 2 amide bonds. The molecule has 8 heteroatoms. The molecule has 8 nitrogen and oxygen atoms in total. The maximum Gasteiger partial charge on any atom is 0.407 e. The van der Waals surface area contributed by atoms with Gasteiger partial charge in [0, 0.05) is 19.0 Å². The molecule has 2 rings (SSSR count). The zero-order chi connectivity index (χ0) is 20.4. The topological polar surface area (TPSA) is 93.4 Å². The van der Waals surface area contributed by atoms with Gasteiger partial charge in [-0.05, 0) is 18.9 Å². The number of unbranched alkanes of at least 4 members (excludes halogenated alkanes) is 1. The van der Waals surface area contributed by atoms with E-state index < -0.39 is 6.09 Å². The van der Waals surface area contributed by atoms with Crippen molar-refractivity contribution >= 4 is 23.4 Å². The predicted molar refractivity (Wildman–Crippen MR) is 105 cm³/mol. The van der Waals surface area contributed by atoms with Crippen LogP contribution in [-0.4, -0.2) is 43.0 Å². The maximum atomic E-state index is 12.1. The Morgan fingerprint density at radius 3 is 2.82 bits per heavy atom. The van der Waals surface area contributed by atoms with Crippen LogP contribution in [0, 0.1) is 6.57 Å². The molecule has 0 aliphatic carbocycles. The van der Waals surface area contributed by atoms with Crippen LogP contribution >= 0.6 is 0 Å². The summed E-state index contributed by atoms with van der Waals surface area (Å²) in [5.74, 6) is -0.169. The van der Waals surface area contributed by atoms with E-state index in [1.807, 2.05) is 19.1 Å². The first-order valence-corrected chi connectivity index (χ1v) is 9.42. The molecular weight excluding hydrogens is 360 g/mol. The minimum Gasteiger partial charge on any atom is -0.450 e. The number of nitrogens with one attached hydrogen (secondary N) is 2. The number of ether oxygens (including phenoxy) is 1. The number of rotatable bonds is 9. The van der Waals surface area contributed by atoms with Crippen LogP contribution in [0.2, 0.25) is 0 Å². The Labute approximate surface area is 165 Å². The Bertz CT molecular complexity index is 740. The van der Waals surface area contributed by atoms with Crippen LogP contribution in [0.1, 0.15) is 45.1 Å². The molecule has 0 fully saturated rings. The molecule has 1 aliphatic heterocycles. The summed E-state index contributed by atoms with van der Waals surface area (Å²) in [5, 5.41) is 9.50. The molecule has 28 heavy (non-hydrogen) atoms. The van der Waals surface area contributed by atoms with Crippen LogP contribution < -0.4 is 10.6 Å². The summed E-state index contributed by atoms with van der Waals surface area (Å²) in [6, 6.07) is 6.87. The van der Waals surface area contributed by atoms with Gasteiger partial charge in [-0.1, -0.05) is 42.8 Å². The smallest absolute Gasteiger partial charge is 0.407 e. The van der Waals surface area contributed by atoms with Crippen molar-refractivity contribution in [3.63, 3.8) is 0 Å². The minimum atomic E-state index is -0.475. The highest BCUT2D eigenvalue weighted by Gasteiger charge is 2.25. The SMILES string of the molecule is [C-]#[N+]c1ccc(C2=NO[C@@H](CC(=O)NC[C@@H](C)NC(=O)OCCCC)C2)cc1. The lowest BCUT2D eigenvalue weighted by atomic mass is 10.0. The summed E-state index contributed by atoms with van der Waals surface area (Å²) >= 11 is 0. The van der Waals surface area contributed by atoms with Gasteiger partial charge in [0.15, 0.2) is 5.69 Å². The Kier molecular flexibility index (Phi) is 8.28. The number of oxime groups is 1. The van der Waals surface area contributed by atoms with Crippen molar-refractivity contribution in [2.45, 2.75) is 51.7 Å². The van der Waals surface area contributed by atoms with Crippen molar-refractivity contribution in [2.24, 2.45) is 5.16 Å². The summed E-state index contributed by atoms with van der Waals surface area (Å²) < 4.78 is 5.02. The van der Waals surface area contributed by atoms with Crippen molar-refractivity contribution in [1.29, 1.82) is 0 Å². The van der Waals surface area contributed by atoms with Crippen LogP contribution in [0.3, 0.4) is 0 Å². The predicted octanol–water partition coefficient (Wildman–Crippen LogP) is 3.15. The molecule has 2 N–H and O–H groups in total. The first kappa shape index (κ1) is 21.2. The van der Waals surface area contributed by atoms with Crippen molar-refractivity contribution in [2.75, 3.05) is 13.2 Å². The monoisotopic (exact) mass is 386 g/mol. The van der Waals surface area contributed by atoms with Crippen LogP contribution in [0.5, 0.6) is 0 Å². The number of amides is 2. The van der Waals surface area contributed by atoms with E-state index in [2.05, 4.69) is 20.6 Å². The molecule has 1 aliphatic rings. The fraction of sp³-hybridized carbons (Fsp3) is 0.500. The summed E-state index contributed by atoms with van der Waals surface area (Å²) in [4.78, 5) is 32.4. The molecule has 150 valence electrons. The summed E-state index contributed by atoms with van der Waals surface area (Å²) in [6.45, 7) is 11.5. The third-order valence-corrected chi connectivity index (χ3v) is 4.18. The molecule has 0 radical (unpaired) electrons. The summed E-state index contributed by atoms with van der Waals surface area (Å²) in [6.07, 6.45) is 1.70. The van der Waals surface area contributed by atoms with Gasteiger partial charge < -0.3 is 20.2 Å². The molecule has 1 aromatic carbocycles. The zero-order valence-electron chi connectivity index (χ0n) is 16.2. The van der Waals surface area contributed by atoms with Crippen LogP contribution in [0.25, 0.3) is 4.85 Å². The van der Waals surface area contributed by atoms with E-state index in [0.29, 0.717) is 25.3 Å².